The third-order valence-corrected chi connectivity index (χ3v) is 5.05. The Bertz CT molecular complexity index is 338. The molecule has 1 N–H and O–H groups in total. The zero-order valence-corrected chi connectivity index (χ0v) is 12.9. The van der Waals surface area contributed by atoms with E-state index in [0.29, 0.717) is 0 Å². The van der Waals surface area contributed by atoms with E-state index in [0.717, 1.165) is 12.0 Å². The Kier molecular flexibility index (Phi) is 6.80. The number of rotatable bonds is 7. The molecule has 2 rings (SSSR count). The van der Waals surface area contributed by atoms with Crippen LogP contribution in [0.2, 0.25) is 0 Å². The van der Waals surface area contributed by atoms with Gasteiger partial charge in [0.05, 0.1) is 0 Å². The Labute approximate surface area is 122 Å². The maximum absolute atomic E-state index is 3.70. The smallest absolute Gasteiger partial charge is 0.00719 e. The van der Waals surface area contributed by atoms with E-state index in [2.05, 4.69) is 42.6 Å². The van der Waals surface area contributed by atoms with Gasteiger partial charge in [-0.15, -0.1) is 11.8 Å². The molecule has 0 heterocycles. The highest BCUT2D eigenvalue weighted by molar-refractivity contribution is 7.99. The fourth-order valence-electron chi connectivity index (χ4n) is 2.95. The monoisotopic (exact) mass is 277 g/mol. The standard InChI is InChI=1S/C17H27NS/c1-2-12-18-16-8-6-7-15(14-16)11-13-19-17-9-4-3-5-10-17/h3-5,9-10,15-16,18H,2,6-8,11-14H2,1H3. The molecule has 1 aromatic carbocycles. The summed E-state index contributed by atoms with van der Waals surface area (Å²) in [6.45, 7) is 3.44. The Morgan fingerprint density at radius 3 is 2.84 bits per heavy atom. The first-order valence-corrected chi connectivity index (χ1v) is 8.78. The van der Waals surface area contributed by atoms with Crippen molar-refractivity contribution in [1.29, 1.82) is 0 Å². The van der Waals surface area contributed by atoms with Gasteiger partial charge in [0.15, 0.2) is 0 Å². The molecule has 0 bridgehead atoms. The lowest BCUT2D eigenvalue weighted by Gasteiger charge is -2.29. The zero-order chi connectivity index (χ0) is 13.3. The molecule has 2 atom stereocenters. The molecule has 0 aromatic heterocycles. The van der Waals surface area contributed by atoms with E-state index in [1.54, 1.807) is 0 Å². The predicted molar refractivity (Wildman–Crippen MR) is 85.8 cm³/mol. The van der Waals surface area contributed by atoms with Crippen LogP contribution < -0.4 is 5.32 Å². The van der Waals surface area contributed by atoms with E-state index in [-0.39, 0.29) is 0 Å². The van der Waals surface area contributed by atoms with Crippen LogP contribution in [0.3, 0.4) is 0 Å². The summed E-state index contributed by atoms with van der Waals surface area (Å²) in [6.07, 6.45) is 8.29. The lowest BCUT2D eigenvalue weighted by atomic mass is 9.84. The highest BCUT2D eigenvalue weighted by Gasteiger charge is 2.20. The highest BCUT2D eigenvalue weighted by atomic mass is 32.2. The zero-order valence-electron chi connectivity index (χ0n) is 12.1. The van der Waals surface area contributed by atoms with Gasteiger partial charge in [-0.05, 0) is 56.0 Å². The molecule has 1 aliphatic rings. The van der Waals surface area contributed by atoms with Gasteiger partial charge in [0.25, 0.3) is 0 Å². The molecule has 0 saturated heterocycles. The van der Waals surface area contributed by atoms with Gasteiger partial charge in [0.1, 0.15) is 0 Å². The molecule has 0 aliphatic heterocycles. The van der Waals surface area contributed by atoms with Crippen molar-refractivity contribution in [3.05, 3.63) is 30.3 Å². The van der Waals surface area contributed by atoms with E-state index in [1.165, 1.54) is 55.7 Å². The van der Waals surface area contributed by atoms with Gasteiger partial charge in [-0.1, -0.05) is 38.0 Å². The van der Waals surface area contributed by atoms with Crippen LogP contribution in [0.1, 0.15) is 45.4 Å². The van der Waals surface area contributed by atoms with Crippen LogP contribution in [0.5, 0.6) is 0 Å². The molecule has 19 heavy (non-hydrogen) atoms. The topological polar surface area (TPSA) is 12.0 Å². The lowest BCUT2D eigenvalue weighted by molar-refractivity contribution is 0.281. The molecule has 0 spiro atoms. The molecule has 1 fully saturated rings. The molecule has 0 amide bonds. The summed E-state index contributed by atoms with van der Waals surface area (Å²) >= 11 is 2.01. The summed E-state index contributed by atoms with van der Waals surface area (Å²) in [5, 5.41) is 3.70. The molecule has 1 aliphatic carbocycles. The first-order valence-electron chi connectivity index (χ1n) is 7.79. The second-order valence-corrected chi connectivity index (χ2v) is 6.80. The number of hydrogen-bond acceptors (Lipinski definition) is 2. The second-order valence-electron chi connectivity index (χ2n) is 5.63. The molecule has 1 saturated carbocycles. The molecule has 106 valence electrons. The Morgan fingerprint density at radius 1 is 1.21 bits per heavy atom. The van der Waals surface area contributed by atoms with Crippen molar-refractivity contribution in [3.63, 3.8) is 0 Å². The van der Waals surface area contributed by atoms with Crippen molar-refractivity contribution >= 4 is 11.8 Å². The third-order valence-electron chi connectivity index (χ3n) is 4.00. The first kappa shape index (κ1) is 14.9. The maximum Gasteiger partial charge on any atom is 0.00719 e. The van der Waals surface area contributed by atoms with Gasteiger partial charge in [-0.2, -0.15) is 0 Å². The summed E-state index contributed by atoms with van der Waals surface area (Å²) in [5.74, 6) is 2.22. The Morgan fingerprint density at radius 2 is 2.05 bits per heavy atom. The van der Waals surface area contributed by atoms with Gasteiger partial charge >= 0.3 is 0 Å². The van der Waals surface area contributed by atoms with Gasteiger partial charge in [-0.25, -0.2) is 0 Å². The van der Waals surface area contributed by atoms with E-state index in [9.17, 15) is 0 Å². The van der Waals surface area contributed by atoms with E-state index in [4.69, 9.17) is 0 Å². The van der Waals surface area contributed by atoms with Crippen LogP contribution in [0.4, 0.5) is 0 Å². The van der Waals surface area contributed by atoms with Crippen LogP contribution in [0.15, 0.2) is 35.2 Å². The van der Waals surface area contributed by atoms with Gasteiger partial charge in [0, 0.05) is 10.9 Å². The minimum absolute atomic E-state index is 0.792. The van der Waals surface area contributed by atoms with Crippen molar-refractivity contribution in [2.75, 3.05) is 12.3 Å². The minimum atomic E-state index is 0.792. The molecule has 0 radical (unpaired) electrons. The molecule has 1 aromatic rings. The Balaban J connectivity index is 1.65. The van der Waals surface area contributed by atoms with Gasteiger partial charge in [0.2, 0.25) is 0 Å². The van der Waals surface area contributed by atoms with Crippen molar-refractivity contribution < 1.29 is 0 Å². The quantitative estimate of drug-likeness (QED) is 0.723. The van der Waals surface area contributed by atoms with Gasteiger partial charge in [-0.3, -0.25) is 0 Å². The van der Waals surface area contributed by atoms with Crippen LogP contribution in [-0.2, 0) is 0 Å². The SMILES string of the molecule is CCCNC1CCCC(CCSc2ccccc2)C1. The lowest BCUT2D eigenvalue weighted by Crippen LogP contribution is -2.34. The molecular weight excluding hydrogens is 250 g/mol. The van der Waals surface area contributed by atoms with Crippen molar-refractivity contribution in [2.24, 2.45) is 5.92 Å². The van der Waals surface area contributed by atoms with E-state index in [1.807, 2.05) is 11.8 Å². The normalized spacial score (nSPS) is 23.4. The van der Waals surface area contributed by atoms with E-state index >= 15 is 0 Å². The third kappa shape index (κ3) is 5.58. The fraction of sp³-hybridized carbons (Fsp3) is 0.647. The number of thioether (sulfide) groups is 1. The average Bonchev–Trinajstić information content (AvgIpc) is 2.47. The number of benzene rings is 1. The molecule has 2 unspecified atom stereocenters. The van der Waals surface area contributed by atoms with E-state index < -0.39 is 0 Å². The molecular formula is C17H27NS. The van der Waals surface area contributed by atoms with Crippen molar-refractivity contribution in [2.45, 2.75) is 56.4 Å². The average molecular weight is 277 g/mol. The maximum atomic E-state index is 3.70. The van der Waals surface area contributed by atoms with Crippen molar-refractivity contribution in [1.82, 2.24) is 5.32 Å². The van der Waals surface area contributed by atoms with Crippen LogP contribution >= 0.6 is 11.8 Å². The summed E-state index contributed by atoms with van der Waals surface area (Å²) < 4.78 is 0. The largest absolute Gasteiger partial charge is 0.314 e. The van der Waals surface area contributed by atoms with Crippen LogP contribution in [0, 0.1) is 5.92 Å². The highest BCUT2D eigenvalue weighted by Crippen LogP contribution is 2.29. The summed E-state index contributed by atoms with van der Waals surface area (Å²) in [5.41, 5.74) is 0. The second kappa shape index (κ2) is 8.65. The fourth-order valence-corrected chi connectivity index (χ4v) is 3.98. The van der Waals surface area contributed by atoms with Gasteiger partial charge < -0.3 is 5.32 Å². The molecule has 2 heteroatoms. The number of hydrogen-bond donors (Lipinski definition) is 1. The minimum Gasteiger partial charge on any atom is -0.314 e. The van der Waals surface area contributed by atoms with Crippen molar-refractivity contribution in [3.8, 4) is 0 Å². The first-order chi connectivity index (χ1) is 9.38. The predicted octanol–water partition coefficient (Wildman–Crippen LogP) is 4.73. The summed E-state index contributed by atoms with van der Waals surface area (Å²) in [7, 11) is 0. The number of nitrogens with one attached hydrogen (secondary N) is 1. The summed E-state index contributed by atoms with van der Waals surface area (Å²) in [4.78, 5) is 1.42. The molecule has 1 nitrogen and oxygen atoms in total. The Hall–Kier alpha value is -0.470. The van der Waals surface area contributed by atoms with Crippen LogP contribution in [0.25, 0.3) is 0 Å². The van der Waals surface area contributed by atoms with Crippen LogP contribution in [-0.4, -0.2) is 18.3 Å². The summed E-state index contributed by atoms with van der Waals surface area (Å²) in [6, 6.07) is 11.6.